The van der Waals surface area contributed by atoms with Crippen LogP contribution in [0.1, 0.15) is 62.5 Å². The van der Waals surface area contributed by atoms with Crippen molar-refractivity contribution >= 4 is 5.78 Å². The van der Waals surface area contributed by atoms with E-state index in [0.29, 0.717) is 35.8 Å². The largest absolute Gasteiger partial charge is 0.444 e. The summed E-state index contributed by atoms with van der Waals surface area (Å²) in [6.07, 6.45) is 10.4. The highest BCUT2D eigenvalue weighted by Gasteiger charge is 2.38. The Kier molecular flexibility index (Phi) is 3.64. The fourth-order valence-corrected chi connectivity index (χ4v) is 4.06. The maximum atomic E-state index is 12.5. The summed E-state index contributed by atoms with van der Waals surface area (Å²) in [4.78, 5) is 12.5. The number of nitrogens with two attached hydrogens (primary N) is 1. The number of hydrogen-bond donors (Lipinski definition) is 1. The second-order valence-corrected chi connectivity index (χ2v) is 6.73. The second kappa shape index (κ2) is 5.82. The third-order valence-electron chi connectivity index (χ3n) is 5.26. The van der Waals surface area contributed by atoms with Gasteiger partial charge in [-0.3, -0.25) is 9.48 Å². The van der Waals surface area contributed by atoms with Gasteiger partial charge in [0, 0.05) is 30.2 Å². The van der Waals surface area contributed by atoms with Gasteiger partial charge in [-0.15, -0.1) is 0 Å². The van der Waals surface area contributed by atoms with E-state index in [-0.39, 0.29) is 11.7 Å². The number of nitriles is 1. The van der Waals surface area contributed by atoms with Gasteiger partial charge in [0.15, 0.2) is 5.78 Å². The Bertz CT molecular complexity index is 790. The molecule has 2 N–H and O–H groups in total. The minimum Gasteiger partial charge on any atom is -0.444 e. The van der Waals surface area contributed by atoms with E-state index in [1.165, 1.54) is 12.8 Å². The molecule has 1 fully saturated rings. The molecular weight excluding hydrogens is 304 g/mol. The highest BCUT2D eigenvalue weighted by atomic mass is 16.5. The molecule has 1 atom stereocenters. The molecule has 6 heteroatoms. The van der Waals surface area contributed by atoms with E-state index in [1.54, 1.807) is 6.20 Å². The molecule has 1 unspecified atom stereocenters. The molecule has 1 aromatic rings. The molecule has 1 aromatic heterocycles. The number of carbonyl (C=O) groups is 1. The molecule has 0 bridgehead atoms. The molecule has 0 saturated heterocycles. The van der Waals surface area contributed by atoms with Crippen molar-refractivity contribution in [1.29, 1.82) is 5.26 Å². The lowest BCUT2D eigenvalue weighted by molar-refractivity contribution is -0.116. The van der Waals surface area contributed by atoms with Gasteiger partial charge in [-0.1, -0.05) is 12.8 Å². The molecule has 1 aliphatic heterocycles. The molecule has 0 amide bonds. The molecule has 0 aromatic carbocycles. The van der Waals surface area contributed by atoms with E-state index in [4.69, 9.17) is 10.5 Å². The standard InChI is InChI=1S/C18H20N4O2/c19-8-13-16(11-9-21-22(10-11)12-4-1-2-5-12)17-14(23)6-3-7-15(17)24-18(13)20/h9-10,12,16H,1-7,20H2. The summed E-state index contributed by atoms with van der Waals surface area (Å²) in [5.41, 5.74) is 7.73. The third-order valence-corrected chi connectivity index (χ3v) is 5.26. The lowest BCUT2D eigenvalue weighted by Gasteiger charge is -2.30. The van der Waals surface area contributed by atoms with Crippen molar-refractivity contribution < 1.29 is 9.53 Å². The Morgan fingerprint density at radius 1 is 1.29 bits per heavy atom. The number of hydrogen-bond acceptors (Lipinski definition) is 5. The number of allylic oxidation sites excluding steroid dienone is 3. The minimum absolute atomic E-state index is 0.0510. The molecule has 6 nitrogen and oxygen atoms in total. The van der Waals surface area contributed by atoms with Crippen molar-refractivity contribution in [3.05, 3.63) is 40.7 Å². The first kappa shape index (κ1) is 15.0. The van der Waals surface area contributed by atoms with Gasteiger partial charge in [-0.05, 0) is 19.3 Å². The highest BCUT2D eigenvalue weighted by Crippen LogP contribution is 2.43. The number of rotatable bonds is 2. The number of aromatic nitrogens is 2. The Morgan fingerprint density at radius 3 is 2.83 bits per heavy atom. The van der Waals surface area contributed by atoms with Crippen molar-refractivity contribution in [2.45, 2.75) is 56.9 Å². The van der Waals surface area contributed by atoms with Crippen molar-refractivity contribution in [1.82, 2.24) is 9.78 Å². The van der Waals surface area contributed by atoms with E-state index in [0.717, 1.165) is 24.8 Å². The van der Waals surface area contributed by atoms with Crippen molar-refractivity contribution in [3.8, 4) is 6.07 Å². The van der Waals surface area contributed by atoms with Crippen LogP contribution >= 0.6 is 0 Å². The van der Waals surface area contributed by atoms with Gasteiger partial charge in [0.1, 0.15) is 17.4 Å². The molecule has 4 rings (SSSR count). The molecule has 0 spiro atoms. The van der Waals surface area contributed by atoms with Gasteiger partial charge in [0.25, 0.3) is 0 Å². The summed E-state index contributed by atoms with van der Waals surface area (Å²) in [6, 6.07) is 2.56. The van der Waals surface area contributed by atoms with Gasteiger partial charge in [0.2, 0.25) is 5.88 Å². The molecule has 24 heavy (non-hydrogen) atoms. The van der Waals surface area contributed by atoms with E-state index >= 15 is 0 Å². The molecule has 2 heterocycles. The van der Waals surface area contributed by atoms with Crippen molar-refractivity contribution in [3.63, 3.8) is 0 Å². The first-order chi connectivity index (χ1) is 11.7. The van der Waals surface area contributed by atoms with Crippen LogP contribution in [0.4, 0.5) is 0 Å². The SMILES string of the molecule is N#CC1=C(N)OC2=C(C(=O)CCC2)C1c1cnn(C2CCCC2)c1. The van der Waals surface area contributed by atoms with Crippen LogP contribution in [0.2, 0.25) is 0 Å². The minimum atomic E-state index is -0.443. The quantitative estimate of drug-likeness (QED) is 0.902. The molecule has 1 saturated carbocycles. The summed E-state index contributed by atoms with van der Waals surface area (Å²) in [5, 5.41) is 14.1. The van der Waals surface area contributed by atoms with E-state index in [9.17, 15) is 10.1 Å². The lowest BCUT2D eigenvalue weighted by Crippen LogP contribution is -2.27. The van der Waals surface area contributed by atoms with E-state index < -0.39 is 5.92 Å². The van der Waals surface area contributed by atoms with Gasteiger partial charge in [-0.25, -0.2) is 0 Å². The topological polar surface area (TPSA) is 93.9 Å². The Morgan fingerprint density at radius 2 is 2.08 bits per heavy atom. The molecule has 124 valence electrons. The van der Waals surface area contributed by atoms with Crippen LogP contribution in [-0.2, 0) is 9.53 Å². The molecule has 2 aliphatic carbocycles. The highest BCUT2D eigenvalue weighted by molar-refractivity contribution is 5.99. The van der Waals surface area contributed by atoms with Crippen LogP contribution in [-0.4, -0.2) is 15.6 Å². The van der Waals surface area contributed by atoms with Gasteiger partial charge >= 0.3 is 0 Å². The fourth-order valence-electron chi connectivity index (χ4n) is 4.06. The predicted molar refractivity (Wildman–Crippen MR) is 86.3 cm³/mol. The van der Waals surface area contributed by atoms with Crippen molar-refractivity contribution in [2.24, 2.45) is 5.73 Å². The maximum Gasteiger partial charge on any atom is 0.205 e. The third kappa shape index (κ3) is 2.32. The number of nitrogens with zero attached hydrogens (tertiary/aromatic N) is 3. The second-order valence-electron chi connectivity index (χ2n) is 6.73. The van der Waals surface area contributed by atoms with Crippen LogP contribution in [0.5, 0.6) is 0 Å². The van der Waals surface area contributed by atoms with Crippen LogP contribution in [0.15, 0.2) is 35.2 Å². The van der Waals surface area contributed by atoms with E-state index in [2.05, 4.69) is 11.2 Å². The number of carbonyl (C=O) groups excluding carboxylic acids is 1. The normalized spacial score (nSPS) is 24.8. The summed E-state index contributed by atoms with van der Waals surface area (Å²) in [5.74, 6) is 0.350. The van der Waals surface area contributed by atoms with E-state index in [1.807, 2.05) is 10.9 Å². The van der Waals surface area contributed by atoms with Gasteiger partial charge in [-0.2, -0.15) is 10.4 Å². The maximum absolute atomic E-state index is 12.5. The van der Waals surface area contributed by atoms with Gasteiger partial charge in [0.05, 0.1) is 18.2 Å². The lowest BCUT2D eigenvalue weighted by atomic mass is 9.78. The van der Waals surface area contributed by atoms with Crippen LogP contribution in [0.25, 0.3) is 0 Å². The Labute approximate surface area is 140 Å². The summed E-state index contributed by atoms with van der Waals surface area (Å²) in [7, 11) is 0. The average Bonchev–Trinajstić information content (AvgIpc) is 3.25. The number of ketones is 1. The summed E-state index contributed by atoms with van der Waals surface area (Å²) >= 11 is 0. The summed E-state index contributed by atoms with van der Waals surface area (Å²) in [6.45, 7) is 0. The fraction of sp³-hybridized carbons (Fsp3) is 0.500. The first-order valence-electron chi connectivity index (χ1n) is 8.57. The first-order valence-corrected chi connectivity index (χ1v) is 8.57. The predicted octanol–water partition coefficient (Wildman–Crippen LogP) is 2.81. The smallest absolute Gasteiger partial charge is 0.205 e. The molecule has 0 radical (unpaired) electrons. The Balaban J connectivity index is 1.77. The molecule has 3 aliphatic rings. The number of Topliss-reactive ketones (excluding diaryl/α,β-unsaturated/α-hetero) is 1. The zero-order valence-corrected chi connectivity index (χ0v) is 13.5. The van der Waals surface area contributed by atoms with Crippen LogP contribution < -0.4 is 5.73 Å². The van der Waals surface area contributed by atoms with Crippen LogP contribution in [0, 0.1) is 11.3 Å². The average molecular weight is 324 g/mol. The van der Waals surface area contributed by atoms with Crippen molar-refractivity contribution in [2.75, 3.05) is 0 Å². The van der Waals surface area contributed by atoms with Crippen LogP contribution in [0.3, 0.4) is 0 Å². The summed E-state index contributed by atoms with van der Waals surface area (Å²) < 4.78 is 7.57. The number of ether oxygens (including phenoxy) is 1. The Hall–Kier alpha value is -2.55. The van der Waals surface area contributed by atoms with Gasteiger partial charge < -0.3 is 10.5 Å². The molecular formula is C18H20N4O2. The monoisotopic (exact) mass is 324 g/mol. The zero-order chi connectivity index (χ0) is 16.7. The zero-order valence-electron chi connectivity index (χ0n) is 13.5.